The van der Waals surface area contributed by atoms with Crippen molar-refractivity contribution in [1.29, 1.82) is 0 Å². The number of Topliss-reactive ketones (excluding diaryl/α,β-unsaturated/α-hetero) is 1. The molecule has 1 unspecified atom stereocenters. The van der Waals surface area contributed by atoms with Gasteiger partial charge in [-0.1, -0.05) is 37.3 Å². The minimum Gasteiger partial charge on any atom is -0.503 e. The van der Waals surface area contributed by atoms with E-state index in [0.29, 0.717) is 28.7 Å². The van der Waals surface area contributed by atoms with Crippen molar-refractivity contribution < 1.29 is 19.1 Å². The van der Waals surface area contributed by atoms with Crippen molar-refractivity contribution in [2.24, 2.45) is 0 Å². The Kier molecular flexibility index (Phi) is 5.75. The van der Waals surface area contributed by atoms with E-state index in [-0.39, 0.29) is 11.4 Å². The third-order valence-corrected chi connectivity index (χ3v) is 7.65. The fraction of sp³-hybridized carbons (Fsp3) is 0.320. The first-order valence-electron chi connectivity index (χ1n) is 11.4. The molecule has 0 saturated carbocycles. The number of aliphatic hydroxyl groups excluding tert-OH is 1. The molecule has 1 amide bonds. The number of aromatic nitrogens is 2. The zero-order chi connectivity index (χ0) is 24.0. The maximum absolute atomic E-state index is 13.8. The lowest BCUT2D eigenvalue weighted by molar-refractivity contribution is -0.129. The topological polar surface area (TPSA) is 91.3 Å². The summed E-state index contributed by atoms with van der Waals surface area (Å²) in [6.45, 7) is 8.66. The molecule has 0 spiro atoms. The Bertz CT molecular complexity index is 1410. The van der Waals surface area contributed by atoms with E-state index in [1.165, 1.54) is 22.5 Å². The molecule has 1 aliphatic heterocycles. The summed E-state index contributed by atoms with van der Waals surface area (Å²) in [4.78, 5) is 36.5. The number of thiazole rings is 1. The molecule has 3 aromatic heterocycles. The van der Waals surface area contributed by atoms with E-state index in [1.807, 2.05) is 35.6 Å². The number of likely N-dealkylation sites (N-methyl/N-ethyl adjacent to an activating group) is 1. The Hall–Kier alpha value is -3.43. The molecule has 0 saturated heterocycles. The quantitative estimate of drug-likeness (QED) is 0.378. The number of furan rings is 1. The number of hydrogen-bond acceptors (Lipinski definition) is 7. The smallest absolute Gasteiger partial charge is 0.290 e. The van der Waals surface area contributed by atoms with Gasteiger partial charge >= 0.3 is 0 Å². The monoisotopic (exact) mass is 478 g/mol. The Labute approximate surface area is 200 Å². The number of hydrogen-bond donors (Lipinski definition) is 1. The Morgan fingerprint density at radius 3 is 2.68 bits per heavy atom. The van der Waals surface area contributed by atoms with Crippen LogP contribution in [-0.2, 0) is 4.79 Å². The zero-order valence-electron chi connectivity index (χ0n) is 19.3. The second-order valence-corrected chi connectivity index (χ2v) is 9.25. The third-order valence-electron chi connectivity index (χ3n) is 6.51. The standard InChI is InChI=1S/C25H26N4O4S/c1-4-27(5-2)12-13-28-20(18-11-8-14-33-18)19(22(31)24(28)32)21(30)23-15(3)29-17-10-7-6-9-16(17)26-25(29)34-23/h6-11,14,20,31H,4-5,12-13H2,1-3H3. The maximum Gasteiger partial charge on any atom is 0.290 e. The van der Waals surface area contributed by atoms with E-state index >= 15 is 0 Å². The van der Waals surface area contributed by atoms with Crippen LogP contribution in [0.2, 0.25) is 0 Å². The number of fused-ring (bicyclic) bond motifs is 3. The summed E-state index contributed by atoms with van der Waals surface area (Å²) >= 11 is 1.26. The molecule has 0 radical (unpaired) electrons. The van der Waals surface area contributed by atoms with Crippen molar-refractivity contribution in [2.45, 2.75) is 26.8 Å². The molecule has 176 valence electrons. The minimum atomic E-state index is -0.781. The Balaban J connectivity index is 1.56. The van der Waals surface area contributed by atoms with Crippen LogP contribution in [0.1, 0.15) is 41.0 Å². The summed E-state index contributed by atoms with van der Waals surface area (Å²) in [5.41, 5.74) is 2.54. The molecule has 0 fully saturated rings. The van der Waals surface area contributed by atoms with Gasteiger partial charge in [0.1, 0.15) is 11.8 Å². The molecule has 4 aromatic rings. The van der Waals surface area contributed by atoms with Gasteiger partial charge in [0, 0.05) is 18.8 Å². The highest BCUT2D eigenvalue weighted by Gasteiger charge is 2.45. The van der Waals surface area contributed by atoms with E-state index in [2.05, 4.69) is 23.7 Å². The number of aliphatic hydroxyl groups is 1. The number of amides is 1. The SMILES string of the molecule is CCN(CC)CCN1C(=O)C(O)=C(C(=O)c2sc3nc4ccccc4n3c2C)C1c1ccco1. The van der Waals surface area contributed by atoms with Gasteiger partial charge in [0.15, 0.2) is 10.7 Å². The summed E-state index contributed by atoms with van der Waals surface area (Å²) in [6, 6.07) is 10.4. The number of aryl methyl sites for hydroxylation is 1. The number of nitrogens with zero attached hydrogens (tertiary/aromatic N) is 4. The number of rotatable bonds is 8. The molecule has 34 heavy (non-hydrogen) atoms. The van der Waals surface area contributed by atoms with Crippen molar-refractivity contribution in [1.82, 2.24) is 19.2 Å². The van der Waals surface area contributed by atoms with Crippen molar-refractivity contribution in [3.63, 3.8) is 0 Å². The van der Waals surface area contributed by atoms with Gasteiger partial charge in [0.25, 0.3) is 5.91 Å². The van der Waals surface area contributed by atoms with Crippen LogP contribution < -0.4 is 0 Å². The number of carbonyl (C=O) groups is 2. The zero-order valence-corrected chi connectivity index (χ0v) is 20.1. The van der Waals surface area contributed by atoms with Crippen LogP contribution >= 0.6 is 11.3 Å². The van der Waals surface area contributed by atoms with Gasteiger partial charge in [-0.2, -0.15) is 0 Å². The van der Waals surface area contributed by atoms with Gasteiger partial charge in [-0.3, -0.25) is 14.0 Å². The predicted molar refractivity (Wildman–Crippen MR) is 130 cm³/mol. The molecule has 9 heteroatoms. The first-order valence-corrected chi connectivity index (χ1v) is 12.2. The Morgan fingerprint density at radius 2 is 1.97 bits per heavy atom. The molecule has 4 heterocycles. The highest BCUT2D eigenvalue weighted by atomic mass is 32.1. The molecule has 1 aliphatic rings. The molecule has 0 aliphatic carbocycles. The molecule has 1 N–H and O–H groups in total. The van der Waals surface area contributed by atoms with Gasteiger partial charge in [-0.05, 0) is 44.3 Å². The van der Waals surface area contributed by atoms with Gasteiger partial charge in [-0.25, -0.2) is 4.98 Å². The van der Waals surface area contributed by atoms with E-state index in [1.54, 1.807) is 12.1 Å². The molecule has 0 bridgehead atoms. The van der Waals surface area contributed by atoms with E-state index in [0.717, 1.165) is 29.8 Å². The van der Waals surface area contributed by atoms with Gasteiger partial charge < -0.3 is 19.3 Å². The largest absolute Gasteiger partial charge is 0.503 e. The predicted octanol–water partition coefficient (Wildman–Crippen LogP) is 4.37. The van der Waals surface area contributed by atoms with Crippen LogP contribution in [0.15, 0.2) is 58.4 Å². The van der Waals surface area contributed by atoms with E-state index in [4.69, 9.17) is 4.42 Å². The fourth-order valence-corrected chi connectivity index (χ4v) is 5.74. The molecular formula is C25H26N4O4S. The maximum atomic E-state index is 13.8. The third kappa shape index (κ3) is 3.43. The van der Waals surface area contributed by atoms with Gasteiger partial charge in [0.05, 0.1) is 27.7 Å². The highest BCUT2D eigenvalue weighted by molar-refractivity contribution is 7.19. The van der Waals surface area contributed by atoms with Gasteiger partial charge in [-0.15, -0.1) is 0 Å². The van der Waals surface area contributed by atoms with Crippen LogP contribution in [-0.4, -0.2) is 62.2 Å². The number of benzene rings is 1. The fourth-order valence-electron chi connectivity index (χ4n) is 4.64. The lowest BCUT2D eigenvalue weighted by Gasteiger charge is -2.27. The average molecular weight is 479 g/mol. The summed E-state index contributed by atoms with van der Waals surface area (Å²) in [5, 5.41) is 10.9. The molecular weight excluding hydrogens is 452 g/mol. The molecule has 1 atom stereocenters. The van der Waals surface area contributed by atoms with Crippen LogP contribution in [0.4, 0.5) is 0 Å². The number of carbonyl (C=O) groups excluding carboxylic acids is 2. The van der Waals surface area contributed by atoms with E-state index < -0.39 is 17.7 Å². The average Bonchev–Trinajstić information content (AvgIpc) is 3.60. The van der Waals surface area contributed by atoms with Crippen molar-refractivity contribution in [2.75, 3.05) is 26.2 Å². The normalized spacial score (nSPS) is 16.6. The molecule has 1 aromatic carbocycles. The summed E-state index contributed by atoms with van der Waals surface area (Å²) in [6.07, 6.45) is 1.51. The van der Waals surface area contributed by atoms with Gasteiger partial charge in [0.2, 0.25) is 5.78 Å². The number of para-hydroxylation sites is 2. The van der Waals surface area contributed by atoms with Crippen molar-refractivity contribution in [3.05, 3.63) is 70.3 Å². The lowest BCUT2D eigenvalue weighted by Crippen LogP contribution is -2.38. The highest BCUT2D eigenvalue weighted by Crippen LogP contribution is 2.41. The summed E-state index contributed by atoms with van der Waals surface area (Å²) < 4.78 is 7.58. The second-order valence-electron chi connectivity index (χ2n) is 8.27. The van der Waals surface area contributed by atoms with Crippen molar-refractivity contribution >= 4 is 39.0 Å². The Morgan fingerprint density at radius 1 is 1.21 bits per heavy atom. The number of ketones is 1. The second kappa shape index (κ2) is 8.73. The van der Waals surface area contributed by atoms with E-state index in [9.17, 15) is 14.7 Å². The van der Waals surface area contributed by atoms with Crippen LogP contribution in [0.5, 0.6) is 0 Å². The molecule has 5 rings (SSSR count). The molecule has 8 nitrogen and oxygen atoms in total. The number of imidazole rings is 1. The summed E-state index contributed by atoms with van der Waals surface area (Å²) in [5.74, 6) is -0.998. The van der Waals surface area contributed by atoms with Crippen molar-refractivity contribution in [3.8, 4) is 0 Å². The first-order chi connectivity index (χ1) is 16.5. The minimum absolute atomic E-state index is 0.0522. The van der Waals surface area contributed by atoms with Crippen LogP contribution in [0, 0.1) is 6.92 Å². The first kappa shape index (κ1) is 22.4. The van der Waals surface area contributed by atoms with Crippen LogP contribution in [0.25, 0.3) is 16.0 Å². The summed E-state index contributed by atoms with van der Waals surface area (Å²) in [7, 11) is 0. The lowest BCUT2D eigenvalue weighted by atomic mass is 9.99. The van der Waals surface area contributed by atoms with Crippen LogP contribution in [0.3, 0.4) is 0 Å².